The van der Waals surface area contributed by atoms with Crippen LogP contribution in [0.15, 0.2) is 40.0 Å². The van der Waals surface area contributed by atoms with Crippen molar-refractivity contribution < 1.29 is 13.6 Å². The highest BCUT2D eigenvalue weighted by molar-refractivity contribution is 6.31. The monoisotopic (exact) mass is 410 g/mol. The van der Waals surface area contributed by atoms with Gasteiger partial charge in [0, 0.05) is 44.2 Å². The Hall–Kier alpha value is -2.12. The predicted octanol–water partition coefficient (Wildman–Crippen LogP) is 4.04. The van der Waals surface area contributed by atoms with Crippen LogP contribution in [0.25, 0.3) is 0 Å². The van der Waals surface area contributed by atoms with E-state index in [-0.39, 0.29) is 43.4 Å². The Morgan fingerprint density at radius 3 is 2.64 bits per heavy atom. The van der Waals surface area contributed by atoms with Crippen molar-refractivity contribution in [2.45, 2.75) is 32.4 Å². The lowest BCUT2D eigenvalue weighted by atomic mass is 9.92. The van der Waals surface area contributed by atoms with Gasteiger partial charge in [-0.15, -0.1) is 0 Å². The molecule has 0 aromatic heterocycles. The summed E-state index contributed by atoms with van der Waals surface area (Å²) in [4.78, 5) is 22.1. The highest BCUT2D eigenvalue weighted by atomic mass is 35.5. The number of hydrogen-bond acceptors (Lipinski definition) is 3. The van der Waals surface area contributed by atoms with Crippen LogP contribution in [0.1, 0.15) is 37.0 Å². The van der Waals surface area contributed by atoms with Crippen molar-refractivity contribution in [1.82, 2.24) is 10.2 Å². The molecule has 1 aromatic carbocycles. The smallest absolute Gasteiger partial charge is 0.253 e. The van der Waals surface area contributed by atoms with Gasteiger partial charge in [-0.2, -0.15) is 0 Å². The van der Waals surface area contributed by atoms with Crippen molar-refractivity contribution in [2.24, 2.45) is 9.98 Å². The molecule has 0 aliphatic carbocycles. The Labute approximate surface area is 169 Å². The molecule has 1 aromatic rings. The maximum atomic E-state index is 15.0. The van der Waals surface area contributed by atoms with Crippen LogP contribution in [0.2, 0.25) is 5.02 Å². The number of allylic oxidation sites excluding steroid dienone is 1. The summed E-state index contributed by atoms with van der Waals surface area (Å²) in [6, 6.07) is 3.84. The summed E-state index contributed by atoms with van der Waals surface area (Å²) in [6.07, 6.45) is 2.11. The number of amidine groups is 1. The van der Waals surface area contributed by atoms with Crippen LogP contribution in [0.4, 0.5) is 8.78 Å². The quantitative estimate of drug-likeness (QED) is 0.568. The average Bonchev–Trinajstić information content (AvgIpc) is 2.66. The maximum absolute atomic E-state index is 15.0. The highest BCUT2D eigenvalue weighted by Gasteiger charge is 2.36. The molecule has 2 rings (SSSR count). The summed E-state index contributed by atoms with van der Waals surface area (Å²) >= 11 is 5.74. The van der Waals surface area contributed by atoms with E-state index in [0.29, 0.717) is 17.9 Å². The van der Waals surface area contributed by atoms with Crippen molar-refractivity contribution in [2.75, 3.05) is 26.2 Å². The first-order valence-corrected chi connectivity index (χ1v) is 9.42. The second kappa shape index (κ2) is 9.89. The number of aliphatic imine (C=N–C) groups is 2. The Morgan fingerprint density at radius 2 is 2.07 bits per heavy atom. The lowest BCUT2D eigenvalue weighted by Crippen LogP contribution is -2.49. The van der Waals surface area contributed by atoms with Crippen molar-refractivity contribution in [1.29, 1.82) is 0 Å². The van der Waals surface area contributed by atoms with E-state index in [1.54, 1.807) is 11.1 Å². The van der Waals surface area contributed by atoms with Gasteiger partial charge in [0.25, 0.3) is 5.91 Å². The summed E-state index contributed by atoms with van der Waals surface area (Å²) in [5.41, 5.74) is -0.0873. The minimum atomic E-state index is -1.42. The lowest BCUT2D eigenvalue weighted by Gasteiger charge is -2.36. The normalized spacial score (nSPS) is 16.6. The molecule has 1 amide bonds. The van der Waals surface area contributed by atoms with Crippen LogP contribution in [-0.2, 0) is 0 Å². The van der Waals surface area contributed by atoms with Gasteiger partial charge in [0.1, 0.15) is 17.3 Å². The SMILES string of the molecule is C=NC(CNCC1(F)CCN(C(=O)c2ccc(F)c(Cl)c2)CC1)=NC=C(C)C. The zero-order valence-electron chi connectivity index (χ0n) is 16.1. The Balaban J connectivity index is 1.86. The van der Waals surface area contributed by atoms with Gasteiger partial charge in [0.15, 0.2) is 0 Å². The third kappa shape index (κ3) is 6.21. The number of carbonyl (C=O) groups is 1. The minimum Gasteiger partial charge on any atom is -0.338 e. The highest BCUT2D eigenvalue weighted by Crippen LogP contribution is 2.27. The zero-order chi connectivity index (χ0) is 20.7. The average molecular weight is 411 g/mol. The number of piperidine rings is 1. The molecule has 0 saturated carbocycles. The fraction of sp³-hybridized carbons (Fsp3) is 0.450. The summed E-state index contributed by atoms with van der Waals surface area (Å²) in [6.45, 7) is 8.33. The van der Waals surface area contributed by atoms with Crippen LogP contribution in [-0.4, -0.2) is 55.2 Å². The predicted molar refractivity (Wildman–Crippen MR) is 110 cm³/mol. The largest absolute Gasteiger partial charge is 0.338 e. The number of nitrogens with one attached hydrogen (secondary N) is 1. The molecule has 0 spiro atoms. The van der Waals surface area contributed by atoms with Crippen molar-refractivity contribution in [3.05, 3.63) is 46.4 Å². The molecule has 1 aliphatic heterocycles. The molecule has 0 unspecified atom stereocenters. The minimum absolute atomic E-state index is 0.103. The molecular weight excluding hydrogens is 386 g/mol. The van der Waals surface area contributed by atoms with Gasteiger partial charge in [-0.3, -0.25) is 4.79 Å². The number of likely N-dealkylation sites (tertiary alicyclic amines) is 1. The summed E-state index contributed by atoms with van der Waals surface area (Å²) in [5, 5.41) is 2.93. The van der Waals surface area contributed by atoms with Crippen LogP contribution in [0, 0.1) is 5.82 Å². The lowest BCUT2D eigenvalue weighted by molar-refractivity contribution is 0.0440. The molecule has 28 heavy (non-hydrogen) atoms. The second-order valence-corrected chi connectivity index (χ2v) is 7.49. The van der Waals surface area contributed by atoms with Crippen molar-refractivity contribution >= 4 is 30.1 Å². The first kappa shape index (κ1) is 22.2. The molecule has 0 atom stereocenters. The van der Waals surface area contributed by atoms with Gasteiger partial charge >= 0.3 is 0 Å². The number of alkyl halides is 1. The van der Waals surface area contributed by atoms with E-state index in [1.807, 2.05) is 13.8 Å². The molecule has 1 fully saturated rings. The molecule has 0 radical (unpaired) electrons. The first-order chi connectivity index (χ1) is 13.2. The second-order valence-electron chi connectivity index (χ2n) is 7.09. The number of rotatable bonds is 6. The third-order valence-corrected chi connectivity index (χ3v) is 4.78. The van der Waals surface area contributed by atoms with Crippen LogP contribution >= 0.6 is 11.6 Å². The van der Waals surface area contributed by atoms with Crippen LogP contribution < -0.4 is 5.32 Å². The Morgan fingerprint density at radius 1 is 1.39 bits per heavy atom. The maximum Gasteiger partial charge on any atom is 0.253 e. The zero-order valence-corrected chi connectivity index (χ0v) is 16.9. The van der Waals surface area contributed by atoms with Gasteiger partial charge in [-0.05, 0) is 38.8 Å². The Bertz CT molecular complexity index is 782. The summed E-state index contributed by atoms with van der Waals surface area (Å²) in [5.74, 6) is -0.360. The van der Waals surface area contributed by atoms with E-state index in [9.17, 15) is 9.18 Å². The number of benzene rings is 1. The van der Waals surface area contributed by atoms with E-state index < -0.39 is 11.5 Å². The molecule has 1 aliphatic rings. The number of hydrogen-bond donors (Lipinski definition) is 1. The van der Waals surface area contributed by atoms with E-state index in [0.717, 1.165) is 11.6 Å². The number of nitrogens with zero attached hydrogens (tertiary/aromatic N) is 3. The molecule has 152 valence electrons. The standard InChI is InChI=1S/C20H25ClF2N4O/c1-14(2)11-26-18(24-3)12-25-13-20(23)6-8-27(9-7-20)19(28)15-4-5-17(22)16(21)10-15/h4-5,10-11,25H,3,6-9,12-13H2,1-2H3. The van der Waals surface area contributed by atoms with Gasteiger partial charge < -0.3 is 10.2 Å². The topological polar surface area (TPSA) is 57.1 Å². The molecule has 8 heteroatoms. The van der Waals surface area contributed by atoms with E-state index in [1.165, 1.54) is 12.1 Å². The fourth-order valence-corrected chi connectivity index (χ4v) is 3.02. The van der Waals surface area contributed by atoms with Gasteiger partial charge in [-0.1, -0.05) is 17.2 Å². The molecule has 0 bridgehead atoms. The van der Waals surface area contributed by atoms with E-state index >= 15 is 4.39 Å². The van der Waals surface area contributed by atoms with E-state index in [2.05, 4.69) is 22.0 Å². The van der Waals surface area contributed by atoms with Crippen LogP contribution in [0.3, 0.4) is 0 Å². The van der Waals surface area contributed by atoms with Crippen molar-refractivity contribution in [3.8, 4) is 0 Å². The number of carbonyl (C=O) groups excluding carboxylic acids is 1. The van der Waals surface area contributed by atoms with Gasteiger partial charge in [0.2, 0.25) is 0 Å². The van der Waals surface area contributed by atoms with Gasteiger partial charge in [0.05, 0.1) is 11.6 Å². The van der Waals surface area contributed by atoms with Crippen molar-refractivity contribution in [3.63, 3.8) is 0 Å². The van der Waals surface area contributed by atoms with Crippen LogP contribution in [0.5, 0.6) is 0 Å². The summed E-state index contributed by atoms with van der Waals surface area (Å²) in [7, 11) is 0. The number of amides is 1. The number of halogens is 3. The van der Waals surface area contributed by atoms with Gasteiger partial charge in [-0.25, -0.2) is 18.8 Å². The molecule has 1 heterocycles. The fourth-order valence-electron chi connectivity index (χ4n) is 2.84. The van der Waals surface area contributed by atoms with E-state index in [4.69, 9.17) is 11.6 Å². The third-order valence-electron chi connectivity index (χ3n) is 4.49. The summed E-state index contributed by atoms with van der Waals surface area (Å²) < 4.78 is 28.3. The molecule has 5 nitrogen and oxygen atoms in total. The molecular formula is C20H25ClF2N4O. The Kier molecular flexibility index (Phi) is 7.83. The molecule has 1 N–H and O–H groups in total. The first-order valence-electron chi connectivity index (χ1n) is 9.05. The molecule has 1 saturated heterocycles.